The van der Waals surface area contributed by atoms with Gasteiger partial charge in [-0.1, -0.05) is 42.5 Å². The van der Waals surface area contributed by atoms with Gasteiger partial charge in [0.2, 0.25) is 0 Å². The van der Waals surface area contributed by atoms with E-state index in [1.165, 1.54) is 9.78 Å². The van der Waals surface area contributed by atoms with Gasteiger partial charge < -0.3 is 10.2 Å². The molecule has 1 unspecified atom stereocenters. The number of carbonyl (C=O) groups is 1. The van der Waals surface area contributed by atoms with Gasteiger partial charge in [-0.2, -0.15) is 0 Å². The maximum absolute atomic E-state index is 12.5. The van der Waals surface area contributed by atoms with Crippen molar-refractivity contribution in [3.63, 3.8) is 0 Å². The molecule has 2 aromatic heterocycles. The highest BCUT2D eigenvalue weighted by Crippen LogP contribution is 2.25. The van der Waals surface area contributed by atoms with E-state index in [0.29, 0.717) is 6.54 Å². The van der Waals surface area contributed by atoms with Gasteiger partial charge >= 0.3 is 0 Å². The number of rotatable bonds is 7. The molecule has 0 saturated heterocycles. The number of hydrogen-bond donors (Lipinski definition) is 2. The van der Waals surface area contributed by atoms with Crippen molar-refractivity contribution in [1.29, 1.82) is 0 Å². The summed E-state index contributed by atoms with van der Waals surface area (Å²) in [7, 11) is 2.06. The smallest absolute Gasteiger partial charge is 0.275 e. The topological polar surface area (TPSA) is 33.5 Å². The summed E-state index contributed by atoms with van der Waals surface area (Å²) in [5.74, 6) is 0.0753. The molecule has 2 N–H and O–H groups in total. The van der Waals surface area contributed by atoms with Crippen molar-refractivity contribution < 1.29 is 9.69 Å². The first-order chi connectivity index (χ1) is 11.7. The van der Waals surface area contributed by atoms with Crippen LogP contribution in [0.1, 0.15) is 21.4 Å². The normalized spacial score (nSPS) is 13.4. The lowest BCUT2D eigenvalue weighted by molar-refractivity contribution is -0.885. The Morgan fingerprint density at radius 1 is 1.04 bits per heavy atom. The second-order valence-electron chi connectivity index (χ2n) is 5.82. The number of amides is 1. The van der Waals surface area contributed by atoms with Crippen LogP contribution in [0.15, 0.2) is 65.4 Å². The van der Waals surface area contributed by atoms with E-state index in [1.807, 2.05) is 29.6 Å². The van der Waals surface area contributed by atoms with E-state index in [1.54, 1.807) is 22.7 Å². The van der Waals surface area contributed by atoms with Crippen LogP contribution in [-0.4, -0.2) is 19.5 Å². The maximum Gasteiger partial charge on any atom is 0.275 e. The van der Waals surface area contributed by atoms with Crippen LogP contribution in [0.3, 0.4) is 0 Å². The largest absolute Gasteiger partial charge is 0.339 e. The summed E-state index contributed by atoms with van der Waals surface area (Å²) >= 11 is 3.41. The maximum atomic E-state index is 12.5. The summed E-state index contributed by atoms with van der Waals surface area (Å²) in [5, 5.41) is 7.32. The van der Waals surface area contributed by atoms with Crippen LogP contribution >= 0.6 is 22.7 Å². The third-order valence-corrected chi connectivity index (χ3v) is 5.60. The first-order valence-corrected chi connectivity index (χ1v) is 9.69. The Balaban J connectivity index is 1.65. The lowest BCUT2D eigenvalue weighted by Crippen LogP contribution is -3.08. The average molecular weight is 358 g/mol. The van der Waals surface area contributed by atoms with E-state index >= 15 is 0 Å². The molecule has 1 aromatic carbocycles. The van der Waals surface area contributed by atoms with Gasteiger partial charge in [0.25, 0.3) is 5.91 Å². The highest BCUT2D eigenvalue weighted by Gasteiger charge is 2.19. The van der Waals surface area contributed by atoms with Crippen molar-refractivity contribution in [3.8, 4) is 0 Å². The Kier molecular flexibility index (Phi) is 5.80. The molecule has 0 aliphatic rings. The number of benzene rings is 1. The molecule has 3 nitrogen and oxygen atoms in total. The second kappa shape index (κ2) is 8.24. The zero-order valence-corrected chi connectivity index (χ0v) is 15.2. The molecule has 0 fully saturated rings. The molecule has 24 heavy (non-hydrogen) atoms. The van der Waals surface area contributed by atoms with Crippen LogP contribution in [0, 0.1) is 0 Å². The highest BCUT2D eigenvalue weighted by atomic mass is 32.1. The van der Waals surface area contributed by atoms with Gasteiger partial charge in [0.05, 0.1) is 18.0 Å². The number of nitrogens with one attached hydrogen (secondary N) is 2. The van der Waals surface area contributed by atoms with Gasteiger partial charge in [0.15, 0.2) is 6.54 Å². The third kappa shape index (κ3) is 4.54. The van der Waals surface area contributed by atoms with Gasteiger partial charge in [0.1, 0.15) is 6.54 Å². The van der Waals surface area contributed by atoms with E-state index in [4.69, 9.17) is 0 Å². The number of likely N-dealkylation sites (N-methyl/N-ethyl adjacent to an activating group) is 1. The van der Waals surface area contributed by atoms with Gasteiger partial charge in [0, 0.05) is 4.88 Å². The Morgan fingerprint density at radius 2 is 1.79 bits per heavy atom. The van der Waals surface area contributed by atoms with Crippen molar-refractivity contribution in [2.24, 2.45) is 0 Å². The average Bonchev–Trinajstić information content (AvgIpc) is 3.27. The van der Waals surface area contributed by atoms with Gasteiger partial charge in [-0.3, -0.25) is 4.79 Å². The summed E-state index contributed by atoms with van der Waals surface area (Å²) in [4.78, 5) is 16.2. The lowest BCUT2D eigenvalue weighted by Gasteiger charge is -2.19. The minimum atomic E-state index is -0.0757. The van der Waals surface area contributed by atoms with Crippen LogP contribution < -0.4 is 10.2 Å². The Bertz CT molecular complexity index is 739. The number of thiophene rings is 2. The SMILES string of the molecule is C[NH+](CC(=O)N[C@@H](c1ccccc1)c1cccs1)Cc1cccs1. The molecule has 3 rings (SSSR count). The molecule has 124 valence electrons. The Labute approximate surface area is 150 Å². The molecular formula is C19H21N2OS2+. The lowest BCUT2D eigenvalue weighted by atomic mass is 10.1. The Morgan fingerprint density at radius 3 is 2.46 bits per heavy atom. The molecule has 3 aromatic rings. The molecule has 0 saturated carbocycles. The first-order valence-electron chi connectivity index (χ1n) is 7.94. The summed E-state index contributed by atoms with van der Waals surface area (Å²) in [6.45, 7) is 1.34. The van der Waals surface area contributed by atoms with E-state index in [2.05, 4.69) is 48.1 Å². The second-order valence-corrected chi connectivity index (χ2v) is 7.83. The van der Waals surface area contributed by atoms with Crippen LogP contribution in [0.2, 0.25) is 0 Å². The standard InChI is InChI=1S/C19H20N2OS2/c1-21(13-16-9-5-11-23-16)14-18(22)20-19(17-10-6-12-24-17)15-7-3-2-4-8-15/h2-12,19H,13-14H2,1H3,(H,20,22)/p+1/t19-/m0/s1. The predicted molar refractivity (Wildman–Crippen MR) is 101 cm³/mol. The monoisotopic (exact) mass is 357 g/mol. The predicted octanol–water partition coefficient (Wildman–Crippen LogP) is 2.73. The molecule has 0 spiro atoms. The van der Waals surface area contributed by atoms with Crippen LogP contribution in [-0.2, 0) is 11.3 Å². The van der Waals surface area contributed by atoms with Crippen molar-refractivity contribution >= 4 is 28.6 Å². The molecule has 0 aliphatic heterocycles. The molecule has 0 aliphatic carbocycles. The summed E-state index contributed by atoms with van der Waals surface area (Å²) in [5.41, 5.74) is 1.12. The van der Waals surface area contributed by atoms with E-state index in [9.17, 15) is 4.79 Å². The summed E-state index contributed by atoms with van der Waals surface area (Å²) < 4.78 is 0. The van der Waals surface area contributed by atoms with Crippen molar-refractivity contribution in [3.05, 3.63) is 80.7 Å². The quantitative estimate of drug-likeness (QED) is 0.670. The van der Waals surface area contributed by atoms with Crippen LogP contribution in [0.5, 0.6) is 0 Å². The minimum Gasteiger partial charge on any atom is -0.339 e. The molecule has 2 atom stereocenters. The first kappa shape index (κ1) is 16.9. The zero-order chi connectivity index (χ0) is 16.8. The fourth-order valence-corrected chi connectivity index (χ4v) is 4.30. The fraction of sp³-hybridized carbons (Fsp3) is 0.211. The summed E-state index contributed by atoms with van der Waals surface area (Å²) in [6.07, 6.45) is 0. The number of carbonyl (C=O) groups excluding carboxylic acids is 1. The minimum absolute atomic E-state index is 0.0753. The fourth-order valence-electron chi connectivity index (χ4n) is 2.68. The highest BCUT2D eigenvalue weighted by molar-refractivity contribution is 7.10. The Hall–Kier alpha value is -1.95. The molecule has 0 bridgehead atoms. The molecule has 1 amide bonds. The molecule has 5 heteroatoms. The molecule has 2 heterocycles. The van der Waals surface area contributed by atoms with Crippen LogP contribution in [0.4, 0.5) is 0 Å². The van der Waals surface area contributed by atoms with Gasteiger partial charge in [-0.15, -0.1) is 22.7 Å². The zero-order valence-electron chi connectivity index (χ0n) is 13.6. The van der Waals surface area contributed by atoms with Gasteiger partial charge in [-0.05, 0) is 28.5 Å². The third-order valence-electron chi connectivity index (χ3n) is 3.78. The van der Waals surface area contributed by atoms with Crippen molar-refractivity contribution in [1.82, 2.24) is 5.32 Å². The molecular weight excluding hydrogens is 336 g/mol. The van der Waals surface area contributed by atoms with Crippen molar-refractivity contribution in [2.75, 3.05) is 13.6 Å². The van der Waals surface area contributed by atoms with Crippen molar-refractivity contribution in [2.45, 2.75) is 12.6 Å². The van der Waals surface area contributed by atoms with E-state index in [0.717, 1.165) is 17.0 Å². The number of quaternary nitrogens is 1. The number of hydrogen-bond acceptors (Lipinski definition) is 3. The van der Waals surface area contributed by atoms with Crippen LogP contribution in [0.25, 0.3) is 0 Å². The van der Waals surface area contributed by atoms with E-state index in [-0.39, 0.29) is 11.9 Å². The van der Waals surface area contributed by atoms with E-state index < -0.39 is 0 Å². The molecule has 0 radical (unpaired) electrons. The summed E-state index contributed by atoms with van der Waals surface area (Å²) in [6, 6.07) is 18.3. The van der Waals surface area contributed by atoms with Gasteiger partial charge in [-0.25, -0.2) is 0 Å².